The van der Waals surface area contributed by atoms with Crippen LogP contribution in [0.15, 0.2) is 18.2 Å². The minimum atomic E-state index is -2.90. The Kier molecular flexibility index (Phi) is 5.35. The quantitative estimate of drug-likeness (QED) is 0.847. The zero-order valence-corrected chi connectivity index (χ0v) is 13.8. The van der Waals surface area contributed by atoms with Crippen molar-refractivity contribution < 1.29 is 8.42 Å². The van der Waals surface area contributed by atoms with Crippen LogP contribution in [0.1, 0.15) is 24.3 Å². The van der Waals surface area contributed by atoms with Crippen molar-refractivity contribution in [2.24, 2.45) is 0 Å². The fraction of sp³-hybridized carbons (Fsp3) is 0.571. The Balaban J connectivity index is 2.01. The first-order valence-corrected chi connectivity index (χ1v) is 9.52. The van der Waals surface area contributed by atoms with Gasteiger partial charge in [-0.2, -0.15) is 0 Å². The predicted octanol–water partition coefficient (Wildman–Crippen LogP) is 3.22. The van der Waals surface area contributed by atoms with Crippen LogP contribution in [0.3, 0.4) is 0 Å². The van der Waals surface area contributed by atoms with Crippen LogP contribution in [0.5, 0.6) is 0 Å². The average molecular weight is 336 g/mol. The zero-order valence-electron chi connectivity index (χ0n) is 11.5. The monoisotopic (exact) mass is 335 g/mol. The molecule has 0 bridgehead atoms. The molecule has 1 heterocycles. The van der Waals surface area contributed by atoms with Gasteiger partial charge < -0.3 is 4.90 Å². The number of halogens is 2. The van der Waals surface area contributed by atoms with Crippen LogP contribution in [0, 0.1) is 0 Å². The van der Waals surface area contributed by atoms with E-state index in [0.717, 1.165) is 25.9 Å². The Morgan fingerprint density at radius 1 is 1.30 bits per heavy atom. The van der Waals surface area contributed by atoms with Gasteiger partial charge in [0.15, 0.2) is 0 Å². The van der Waals surface area contributed by atoms with Gasteiger partial charge in [0.2, 0.25) is 0 Å². The van der Waals surface area contributed by atoms with Crippen LogP contribution in [0.4, 0.5) is 0 Å². The van der Waals surface area contributed by atoms with E-state index in [4.69, 9.17) is 23.2 Å². The van der Waals surface area contributed by atoms with Gasteiger partial charge >= 0.3 is 0 Å². The molecule has 112 valence electrons. The minimum Gasteiger partial charge on any atom is -0.302 e. The maximum Gasteiger partial charge on any atom is 0.148 e. The van der Waals surface area contributed by atoms with E-state index >= 15 is 0 Å². The third-order valence-corrected chi connectivity index (χ3v) is 5.36. The van der Waals surface area contributed by atoms with Crippen molar-refractivity contribution in [3.63, 3.8) is 0 Å². The van der Waals surface area contributed by atoms with E-state index < -0.39 is 9.84 Å². The summed E-state index contributed by atoms with van der Waals surface area (Å²) in [5.74, 6) is 0.624. The van der Waals surface area contributed by atoms with Crippen LogP contribution < -0.4 is 0 Å². The summed E-state index contributed by atoms with van der Waals surface area (Å²) in [6.07, 6.45) is 3.47. The highest BCUT2D eigenvalue weighted by atomic mass is 35.5. The maximum absolute atomic E-state index is 11.2. The molecule has 1 aliphatic heterocycles. The van der Waals surface area contributed by atoms with Gasteiger partial charge in [-0.15, -0.1) is 0 Å². The molecule has 1 aliphatic rings. The summed E-state index contributed by atoms with van der Waals surface area (Å²) in [4.78, 5) is 2.22. The van der Waals surface area contributed by atoms with E-state index in [9.17, 15) is 8.42 Å². The molecule has 1 atom stereocenters. The van der Waals surface area contributed by atoms with Crippen LogP contribution in [-0.2, 0) is 9.84 Å². The summed E-state index contributed by atoms with van der Waals surface area (Å²) in [6.45, 7) is 2.46. The van der Waals surface area contributed by atoms with Gasteiger partial charge in [-0.1, -0.05) is 29.3 Å². The number of nitrogens with zero attached hydrogens (tertiary/aromatic N) is 1. The molecule has 0 N–H and O–H groups in total. The summed E-state index contributed by atoms with van der Waals surface area (Å²) in [7, 11) is -2.90. The molecule has 2 rings (SSSR count). The first kappa shape index (κ1) is 16.1. The zero-order chi connectivity index (χ0) is 14.8. The molecule has 0 spiro atoms. The largest absolute Gasteiger partial charge is 0.302 e. The molecule has 0 saturated carbocycles. The van der Waals surface area contributed by atoms with Gasteiger partial charge in [0.25, 0.3) is 0 Å². The Bertz CT molecular complexity index is 575. The van der Waals surface area contributed by atoms with E-state index in [-0.39, 0.29) is 5.75 Å². The Morgan fingerprint density at radius 3 is 2.70 bits per heavy atom. The molecule has 1 fully saturated rings. The Labute approximate surface area is 130 Å². The molecule has 0 amide bonds. The summed E-state index contributed by atoms with van der Waals surface area (Å²) >= 11 is 12.0. The Morgan fingerprint density at radius 2 is 2.05 bits per heavy atom. The molecule has 0 radical (unpaired) electrons. The van der Waals surface area contributed by atoms with Gasteiger partial charge in [-0.25, -0.2) is 8.42 Å². The van der Waals surface area contributed by atoms with Crippen molar-refractivity contribution in [3.05, 3.63) is 33.8 Å². The molecule has 3 nitrogen and oxygen atoms in total. The number of sulfone groups is 1. The highest BCUT2D eigenvalue weighted by molar-refractivity contribution is 7.90. The fourth-order valence-corrected chi connectivity index (χ4v) is 3.49. The topological polar surface area (TPSA) is 37.4 Å². The number of hydrogen-bond donors (Lipinski definition) is 0. The molecular weight excluding hydrogens is 317 g/mol. The lowest BCUT2D eigenvalue weighted by Gasteiger charge is -2.32. The lowest BCUT2D eigenvalue weighted by molar-refractivity contribution is 0.219. The first-order chi connectivity index (χ1) is 9.35. The van der Waals surface area contributed by atoms with E-state index in [1.807, 2.05) is 18.2 Å². The third-order valence-electron chi connectivity index (χ3n) is 3.70. The van der Waals surface area contributed by atoms with Gasteiger partial charge in [0.05, 0.1) is 15.8 Å². The second-order valence-electron chi connectivity index (χ2n) is 5.44. The smallest absolute Gasteiger partial charge is 0.148 e. The third kappa shape index (κ3) is 4.62. The molecule has 6 heteroatoms. The van der Waals surface area contributed by atoms with E-state index in [2.05, 4.69) is 4.90 Å². The molecule has 1 aromatic carbocycles. The molecular formula is C14H19Cl2NO2S. The van der Waals surface area contributed by atoms with Crippen LogP contribution in [0.2, 0.25) is 10.0 Å². The number of rotatable bonds is 4. The van der Waals surface area contributed by atoms with Gasteiger partial charge in [0, 0.05) is 19.3 Å². The lowest BCUT2D eigenvalue weighted by atomic mass is 9.91. The minimum absolute atomic E-state index is 0.223. The maximum atomic E-state index is 11.2. The summed E-state index contributed by atoms with van der Waals surface area (Å²) in [6, 6.07) is 5.77. The second kappa shape index (κ2) is 6.65. The fourth-order valence-electron chi connectivity index (χ4n) is 2.59. The lowest BCUT2D eigenvalue weighted by Crippen LogP contribution is -2.37. The van der Waals surface area contributed by atoms with Gasteiger partial charge in [-0.3, -0.25) is 0 Å². The summed E-state index contributed by atoms with van der Waals surface area (Å²) in [5, 5.41) is 1.15. The number of likely N-dealkylation sites (tertiary alicyclic amines) is 1. The van der Waals surface area contributed by atoms with Gasteiger partial charge in [-0.05, 0) is 43.0 Å². The highest BCUT2D eigenvalue weighted by Crippen LogP contribution is 2.31. The molecule has 0 aliphatic carbocycles. The average Bonchev–Trinajstić information content (AvgIpc) is 2.39. The van der Waals surface area contributed by atoms with Crippen molar-refractivity contribution in [3.8, 4) is 0 Å². The van der Waals surface area contributed by atoms with E-state index in [0.29, 0.717) is 22.5 Å². The Hall–Kier alpha value is -0.290. The SMILES string of the molecule is CS(=O)(=O)CCN1CCCC(c2ccc(Cl)c(Cl)c2)C1. The van der Waals surface area contributed by atoms with Crippen LogP contribution >= 0.6 is 23.2 Å². The van der Waals surface area contributed by atoms with Crippen molar-refractivity contribution in [1.82, 2.24) is 4.90 Å². The van der Waals surface area contributed by atoms with Crippen LogP contribution in [-0.4, -0.2) is 45.0 Å². The van der Waals surface area contributed by atoms with Crippen LogP contribution in [0.25, 0.3) is 0 Å². The summed E-state index contributed by atoms with van der Waals surface area (Å²) < 4.78 is 22.5. The number of hydrogen-bond acceptors (Lipinski definition) is 3. The molecule has 0 aromatic heterocycles. The standard InChI is InChI=1S/C14H19Cl2NO2S/c1-20(18,19)8-7-17-6-2-3-12(10-17)11-4-5-13(15)14(16)9-11/h4-5,9,12H,2-3,6-8,10H2,1H3. The van der Waals surface area contributed by atoms with Crippen molar-refractivity contribution >= 4 is 33.0 Å². The van der Waals surface area contributed by atoms with E-state index in [1.54, 1.807) is 0 Å². The molecule has 1 unspecified atom stereocenters. The summed E-state index contributed by atoms with van der Waals surface area (Å²) in [5.41, 5.74) is 1.18. The van der Waals surface area contributed by atoms with E-state index in [1.165, 1.54) is 11.8 Å². The van der Waals surface area contributed by atoms with Crippen molar-refractivity contribution in [2.45, 2.75) is 18.8 Å². The number of piperidine rings is 1. The predicted molar refractivity (Wildman–Crippen MR) is 84.6 cm³/mol. The van der Waals surface area contributed by atoms with Crippen molar-refractivity contribution in [1.29, 1.82) is 0 Å². The first-order valence-electron chi connectivity index (χ1n) is 6.70. The van der Waals surface area contributed by atoms with Crippen molar-refractivity contribution in [2.75, 3.05) is 31.6 Å². The molecule has 20 heavy (non-hydrogen) atoms. The molecule has 1 saturated heterocycles. The second-order valence-corrected chi connectivity index (χ2v) is 8.52. The molecule has 1 aromatic rings. The van der Waals surface area contributed by atoms with Gasteiger partial charge in [0.1, 0.15) is 9.84 Å². The number of benzene rings is 1. The highest BCUT2D eigenvalue weighted by Gasteiger charge is 2.22. The normalized spacial score (nSPS) is 21.1.